The lowest BCUT2D eigenvalue weighted by atomic mass is 9.95. The Balaban J connectivity index is 1.22. The smallest absolute Gasteiger partial charge is 0.410 e. The highest BCUT2D eigenvalue weighted by molar-refractivity contribution is 6.74. The number of halogens is 2. The van der Waals surface area contributed by atoms with Gasteiger partial charge in [-0.15, -0.1) is 0 Å². The first-order chi connectivity index (χ1) is 21.5. The lowest BCUT2D eigenvalue weighted by Crippen LogP contribution is -2.57. The van der Waals surface area contributed by atoms with Crippen LogP contribution in [0.15, 0.2) is 6.20 Å². The Hall–Kier alpha value is -2.28. The fraction of sp³-hybridized carbons (Fsp3) is 0.758. The van der Waals surface area contributed by atoms with Gasteiger partial charge in [0.2, 0.25) is 0 Å². The third-order valence-corrected chi connectivity index (χ3v) is 15.7. The largest absolute Gasteiger partial charge is 0.461 e. The SMILES string of the molecule is CC(C)(C)OC(=O)N1[C@@H]2CC[C@H]1CN(c1nc(OC[C@]34CCCN3[C@@H](CO[Si](C)(C)C(C)(C)C)CC4)nc3c(F)c(Cl)ncc13)C2. The molecule has 4 saturated heterocycles. The van der Waals surface area contributed by atoms with Crippen LogP contribution in [0.2, 0.25) is 23.3 Å². The number of amides is 1. The van der Waals surface area contributed by atoms with E-state index in [1.165, 1.54) is 6.20 Å². The van der Waals surface area contributed by atoms with Crippen molar-refractivity contribution in [1.82, 2.24) is 24.8 Å². The van der Waals surface area contributed by atoms with Gasteiger partial charge in [-0.1, -0.05) is 32.4 Å². The molecule has 6 rings (SSSR count). The summed E-state index contributed by atoms with van der Waals surface area (Å²) in [7, 11) is -1.86. The van der Waals surface area contributed by atoms with E-state index in [-0.39, 0.29) is 45.4 Å². The van der Waals surface area contributed by atoms with E-state index < -0.39 is 19.7 Å². The molecule has 0 aromatic carbocycles. The van der Waals surface area contributed by atoms with Crippen molar-refractivity contribution in [1.29, 1.82) is 0 Å². The van der Waals surface area contributed by atoms with Crippen LogP contribution in [0.25, 0.3) is 10.9 Å². The van der Waals surface area contributed by atoms with Crippen LogP contribution in [0.3, 0.4) is 0 Å². The van der Waals surface area contributed by atoms with Crippen LogP contribution in [0.1, 0.15) is 80.1 Å². The summed E-state index contributed by atoms with van der Waals surface area (Å²) in [5.74, 6) is -0.135. The maximum absolute atomic E-state index is 15.4. The Kier molecular flexibility index (Phi) is 8.77. The molecule has 1 amide bonds. The third-order valence-electron chi connectivity index (χ3n) is 10.9. The summed E-state index contributed by atoms with van der Waals surface area (Å²) in [6.45, 7) is 20.3. The third kappa shape index (κ3) is 6.31. The van der Waals surface area contributed by atoms with Crippen molar-refractivity contribution in [2.45, 2.75) is 127 Å². The highest BCUT2D eigenvalue weighted by Crippen LogP contribution is 2.44. The van der Waals surface area contributed by atoms with Crippen molar-refractivity contribution in [3.05, 3.63) is 17.2 Å². The number of ether oxygens (including phenoxy) is 2. The van der Waals surface area contributed by atoms with Gasteiger partial charge in [-0.2, -0.15) is 9.97 Å². The van der Waals surface area contributed by atoms with Crippen molar-refractivity contribution in [2.24, 2.45) is 0 Å². The van der Waals surface area contributed by atoms with Crippen LogP contribution in [0, 0.1) is 5.82 Å². The molecule has 4 aliphatic rings. The molecule has 4 fully saturated rings. The average molecular weight is 677 g/mol. The Morgan fingerprint density at radius 1 is 1.09 bits per heavy atom. The monoisotopic (exact) mass is 676 g/mol. The molecule has 2 bridgehead atoms. The highest BCUT2D eigenvalue weighted by Gasteiger charge is 2.51. The van der Waals surface area contributed by atoms with E-state index in [0.717, 1.165) is 51.7 Å². The zero-order valence-electron chi connectivity index (χ0n) is 28.7. The molecule has 0 unspecified atom stereocenters. The molecule has 0 aliphatic carbocycles. The Labute approximate surface area is 278 Å². The van der Waals surface area contributed by atoms with E-state index in [9.17, 15) is 4.79 Å². The van der Waals surface area contributed by atoms with E-state index in [1.807, 2.05) is 25.7 Å². The number of carbonyl (C=O) groups is 1. The van der Waals surface area contributed by atoms with E-state index in [1.54, 1.807) is 0 Å². The molecule has 0 N–H and O–H groups in total. The quantitative estimate of drug-likeness (QED) is 0.232. The standard InChI is InChI=1S/C33H50ClFN6O4Si/c1-31(2,3)45-30(42)41-21-10-11-22(41)18-39(17-21)28-24-16-36-27(34)25(35)26(24)37-29(38-28)43-20-33-13-9-15-40(33)23(12-14-33)19-44-46(7,8)32(4,5)6/h16,21-23H,9-15,17-20H2,1-8H3/t21-,22+,23-,33-/m1/s1. The molecule has 0 saturated carbocycles. The lowest BCUT2D eigenvalue weighted by molar-refractivity contribution is 0.0122. The first-order valence-electron chi connectivity index (χ1n) is 16.8. The zero-order chi connectivity index (χ0) is 33.2. The fourth-order valence-corrected chi connectivity index (χ4v) is 8.68. The second kappa shape index (κ2) is 12.0. The summed E-state index contributed by atoms with van der Waals surface area (Å²) >= 11 is 6.12. The molecular weight excluding hydrogens is 627 g/mol. The van der Waals surface area contributed by atoms with Gasteiger partial charge in [0, 0.05) is 31.9 Å². The van der Waals surface area contributed by atoms with Crippen LogP contribution < -0.4 is 9.64 Å². The second-order valence-corrected chi connectivity index (χ2v) is 21.4. The van der Waals surface area contributed by atoms with Crippen molar-refractivity contribution < 1.29 is 23.1 Å². The molecule has 10 nitrogen and oxygen atoms in total. The van der Waals surface area contributed by atoms with E-state index >= 15 is 4.39 Å². The Morgan fingerprint density at radius 3 is 2.43 bits per heavy atom. The number of aromatic nitrogens is 3. The van der Waals surface area contributed by atoms with Gasteiger partial charge in [0.15, 0.2) is 19.3 Å². The minimum atomic E-state index is -1.86. The molecule has 4 atom stereocenters. The summed E-state index contributed by atoms with van der Waals surface area (Å²) in [5, 5.41) is 0.403. The van der Waals surface area contributed by atoms with Gasteiger partial charge in [-0.05, 0) is 84.0 Å². The molecule has 13 heteroatoms. The number of fused-ring (bicyclic) bond motifs is 4. The number of pyridine rings is 1. The number of carbonyl (C=O) groups excluding carboxylic acids is 1. The molecule has 6 heterocycles. The minimum absolute atomic E-state index is 0.0389. The number of hydrogen-bond acceptors (Lipinski definition) is 9. The summed E-state index contributed by atoms with van der Waals surface area (Å²) in [5.41, 5.74) is -0.599. The first-order valence-corrected chi connectivity index (χ1v) is 20.1. The normalized spacial score (nSPS) is 27.0. The van der Waals surface area contributed by atoms with Gasteiger partial charge in [0.25, 0.3) is 0 Å². The minimum Gasteiger partial charge on any atom is -0.461 e. The number of anilines is 1. The predicted octanol–water partition coefficient (Wildman–Crippen LogP) is 6.80. The zero-order valence-corrected chi connectivity index (χ0v) is 30.4. The van der Waals surface area contributed by atoms with Crippen molar-refractivity contribution in [2.75, 3.05) is 37.7 Å². The number of hydrogen-bond donors (Lipinski definition) is 0. The Morgan fingerprint density at radius 2 is 1.78 bits per heavy atom. The first kappa shape index (κ1) is 33.6. The van der Waals surface area contributed by atoms with Gasteiger partial charge < -0.3 is 18.8 Å². The molecular formula is C33H50ClFN6O4Si. The summed E-state index contributed by atoms with van der Waals surface area (Å²) in [6.07, 6.45) is 7.17. The fourth-order valence-electron chi connectivity index (χ4n) is 7.50. The maximum Gasteiger partial charge on any atom is 0.410 e. The van der Waals surface area contributed by atoms with Crippen molar-refractivity contribution in [3.8, 4) is 6.01 Å². The summed E-state index contributed by atoms with van der Waals surface area (Å²) < 4.78 is 34.2. The van der Waals surface area contributed by atoms with E-state index in [4.69, 9.17) is 30.5 Å². The average Bonchev–Trinajstić information content (AvgIpc) is 3.61. The molecule has 4 aliphatic heterocycles. The molecule has 0 spiro atoms. The van der Waals surface area contributed by atoms with Crippen LogP contribution in [0.4, 0.5) is 15.0 Å². The maximum atomic E-state index is 15.4. The van der Waals surface area contributed by atoms with Crippen LogP contribution in [0.5, 0.6) is 6.01 Å². The van der Waals surface area contributed by atoms with E-state index in [2.05, 4.69) is 53.6 Å². The van der Waals surface area contributed by atoms with E-state index in [0.29, 0.717) is 36.9 Å². The van der Waals surface area contributed by atoms with Crippen molar-refractivity contribution >= 4 is 42.7 Å². The Bertz CT molecular complexity index is 1470. The van der Waals surface area contributed by atoms with Gasteiger partial charge >= 0.3 is 12.1 Å². The van der Waals surface area contributed by atoms with Gasteiger partial charge in [0.1, 0.15) is 23.5 Å². The van der Waals surface area contributed by atoms with Crippen LogP contribution >= 0.6 is 11.6 Å². The number of piperazine rings is 1. The second-order valence-electron chi connectivity index (χ2n) is 16.2. The highest BCUT2D eigenvalue weighted by atomic mass is 35.5. The number of rotatable bonds is 7. The summed E-state index contributed by atoms with van der Waals surface area (Å²) in [6, 6.07) is 0.408. The van der Waals surface area contributed by atoms with Crippen LogP contribution in [-0.2, 0) is 9.16 Å². The van der Waals surface area contributed by atoms with Gasteiger partial charge in [-0.25, -0.2) is 14.2 Å². The summed E-state index contributed by atoms with van der Waals surface area (Å²) in [4.78, 5) is 33.1. The molecule has 46 heavy (non-hydrogen) atoms. The molecule has 2 aromatic rings. The predicted molar refractivity (Wildman–Crippen MR) is 180 cm³/mol. The lowest BCUT2D eigenvalue weighted by Gasteiger charge is -2.42. The van der Waals surface area contributed by atoms with Crippen molar-refractivity contribution in [3.63, 3.8) is 0 Å². The number of nitrogens with zero attached hydrogens (tertiary/aromatic N) is 6. The van der Waals surface area contributed by atoms with Gasteiger partial charge in [-0.3, -0.25) is 9.80 Å². The topological polar surface area (TPSA) is 93.2 Å². The molecule has 2 aromatic heterocycles. The van der Waals surface area contributed by atoms with Gasteiger partial charge in [0.05, 0.1) is 23.0 Å². The molecule has 254 valence electrons. The van der Waals surface area contributed by atoms with Crippen LogP contribution in [-0.4, -0.2) is 101 Å². The molecule has 0 radical (unpaired) electrons.